The lowest BCUT2D eigenvalue weighted by atomic mass is 10.00. The maximum absolute atomic E-state index is 11.2. The first-order valence-electron chi connectivity index (χ1n) is 9.50. The van der Waals surface area contributed by atoms with E-state index in [1.165, 1.54) is 12.1 Å². The smallest absolute Gasteiger partial charge is 0.338 e. The van der Waals surface area contributed by atoms with Crippen LogP contribution in [0, 0.1) is 0 Å². The lowest BCUT2D eigenvalue weighted by Gasteiger charge is -2.36. The molecule has 0 amide bonds. The van der Waals surface area contributed by atoms with Crippen molar-refractivity contribution in [3.63, 3.8) is 0 Å². The summed E-state index contributed by atoms with van der Waals surface area (Å²) in [6.45, 7) is 11.0. The Labute approximate surface area is 183 Å². The fourth-order valence-corrected chi connectivity index (χ4v) is 4.36. The Bertz CT molecular complexity index is 868. The molecule has 0 spiro atoms. The third-order valence-corrected chi connectivity index (χ3v) is 10.4. The quantitative estimate of drug-likeness (QED) is 0.454. The zero-order valence-electron chi connectivity index (χ0n) is 17.4. The van der Waals surface area contributed by atoms with Crippen LogP contribution in [0.3, 0.4) is 0 Å². The number of rotatable bonds is 7. The molecule has 0 heterocycles. The average molecular weight is 455 g/mol. The van der Waals surface area contributed by atoms with Crippen LogP contribution in [0.1, 0.15) is 54.8 Å². The Morgan fingerprint density at radius 3 is 2.24 bits per heavy atom. The molecule has 29 heavy (non-hydrogen) atoms. The highest BCUT2D eigenvalue weighted by atomic mass is 35.5. The van der Waals surface area contributed by atoms with Gasteiger partial charge in [-0.15, -0.1) is 0 Å². The van der Waals surface area contributed by atoms with Gasteiger partial charge in [-0.05, 0) is 66.4 Å². The second-order valence-corrected chi connectivity index (χ2v) is 14.3. The number of halogens is 2. The van der Waals surface area contributed by atoms with E-state index in [4.69, 9.17) is 32.7 Å². The maximum Gasteiger partial charge on any atom is 0.338 e. The van der Waals surface area contributed by atoms with Gasteiger partial charge in [0.2, 0.25) is 8.32 Å². The molecule has 7 heteroatoms. The third-order valence-electron chi connectivity index (χ3n) is 5.45. The fourth-order valence-electron chi connectivity index (χ4n) is 2.67. The molecule has 0 radical (unpaired) electrons. The highest BCUT2D eigenvalue weighted by molar-refractivity contribution is 6.74. The predicted octanol–water partition coefficient (Wildman–Crippen LogP) is 6.74. The van der Waals surface area contributed by atoms with Crippen molar-refractivity contribution in [2.45, 2.75) is 57.8 Å². The number of aromatic carboxylic acids is 1. The molecule has 2 aromatic rings. The van der Waals surface area contributed by atoms with Crippen molar-refractivity contribution in [2.75, 3.05) is 0 Å². The number of benzene rings is 2. The van der Waals surface area contributed by atoms with E-state index in [0.717, 1.165) is 11.3 Å². The number of carboxylic acids is 1. The molecule has 2 aromatic carbocycles. The van der Waals surface area contributed by atoms with E-state index in [0.29, 0.717) is 18.4 Å². The lowest BCUT2D eigenvalue weighted by molar-refractivity contribution is 0.0697. The van der Waals surface area contributed by atoms with Crippen LogP contribution in [-0.2, 0) is 6.42 Å². The zero-order chi connectivity index (χ0) is 22.0. The molecule has 0 saturated heterocycles. The topological polar surface area (TPSA) is 66.8 Å². The SMILES string of the molecule is CC(C)(C)[Si](C)(C)Oc1cccc(CCC(O)c2cc(Cl)c(C(=O)O)c(Cl)c2)c1. The van der Waals surface area contributed by atoms with Crippen molar-refractivity contribution in [3.8, 4) is 5.75 Å². The molecule has 0 aliphatic carbocycles. The molecule has 1 unspecified atom stereocenters. The van der Waals surface area contributed by atoms with Crippen molar-refractivity contribution >= 4 is 37.5 Å². The summed E-state index contributed by atoms with van der Waals surface area (Å²) in [4.78, 5) is 11.2. The molecule has 0 aliphatic rings. The Balaban J connectivity index is 2.10. The number of carboxylic acid groups (broad SMARTS) is 1. The van der Waals surface area contributed by atoms with Crippen LogP contribution in [0.25, 0.3) is 0 Å². The largest absolute Gasteiger partial charge is 0.543 e. The van der Waals surface area contributed by atoms with E-state index < -0.39 is 20.4 Å². The van der Waals surface area contributed by atoms with E-state index in [1.807, 2.05) is 24.3 Å². The van der Waals surface area contributed by atoms with Gasteiger partial charge < -0.3 is 14.6 Å². The number of aliphatic hydroxyl groups is 1. The van der Waals surface area contributed by atoms with E-state index in [2.05, 4.69) is 33.9 Å². The Morgan fingerprint density at radius 2 is 1.72 bits per heavy atom. The van der Waals surface area contributed by atoms with Gasteiger partial charge in [0.1, 0.15) is 5.75 Å². The summed E-state index contributed by atoms with van der Waals surface area (Å²) in [6, 6.07) is 10.8. The number of hydrogen-bond donors (Lipinski definition) is 2. The van der Waals surface area contributed by atoms with Gasteiger partial charge in [-0.1, -0.05) is 56.1 Å². The lowest BCUT2D eigenvalue weighted by Crippen LogP contribution is -2.43. The second-order valence-electron chi connectivity index (χ2n) is 8.73. The predicted molar refractivity (Wildman–Crippen MR) is 121 cm³/mol. The fraction of sp³-hybridized carbons (Fsp3) is 0.409. The van der Waals surface area contributed by atoms with Gasteiger partial charge in [0.15, 0.2) is 0 Å². The van der Waals surface area contributed by atoms with Gasteiger partial charge in [-0.25, -0.2) is 4.79 Å². The van der Waals surface area contributed by atoms with Gasteiger partial charge in [0.05, 0.1) is 21.7 Å². The van der Waals surface area contributed by atoms with Gasteiger partial charge >= 0.3 is 5.97 Å². The first-order valence-corrected chi connectivity index (χ1v) is 13.2. The molecule has 0 fully saturated rings. The van der Waals surface area contributed by atoms with Crippen molar-refractivity contribution in [1.29, 1.82) is 0 Å². The molecule has 0 bridgehead atoms. The van der Waals surface area contributed by atoms with Crippen molar-refractivity contribution in [3.05, 3.63) is 63.1 Å². The standard InChI is InChI=1S/C22H28Cl2O4Si/c1-22(2,3)29(4,5)28-16-8-6-7-14(11-16)9-10-19(25)15-12-17(23)20(21(26)27)18(24)13-15/h6-8,11-13,19,25H,9-10H2,1-5H3,(H,26,27). The van der Waals surface area contributed by atoms with Crippen LogP contribution in [0.15, 0.2) is 36.4 Å². The average Bonchev–Trinajstić information content (AvgIpc) is 2.57. The summed E-state index contributed by atoms with van der Waals surface area (Å²) in [5.74, 6) is -0.347. The van der Waals surface area contributed by atoms with Crippen LogP contribution in [0.2, 0.25) is 28.2 Å². The summed E-state index contributed by atoms with van der Waals surface area (Å²) in [5.41, 5.74) is 1.40. The summed E-state index contributed by atoms with van der Waals surface area (Å²) >= 11 is 12.0. The van der Waals surface area contributed by atoms with Crippen molar-refractivity contribution in [1.82, 2.24) is 0 Å². The minimum absolute atomic E-state index is 0.0174. The van der Waals surface area contributed by atoms with Crippen molar-refractivity contribution < 1.29 is 19.4 Å². The normalized spacial score (nSPS) is 13.2. The van der Waals surface area contributed by atoms with Crippen molar-refractivity contribution in [2.24, 2.45) is 0 Å². The number of carbonyl (C=O) groups is 1. The van der Waals surface area contributed by atoms with E-state index in [9.17, 15) is 9.90 Å². The molecule has 0 saturated carbocycles. The Morgan fingerprint density at radius 1 is 1.14 bits per heavy atom. The van der Waals surface area contributed by atoms with Crippen LogP contribution in [0.4, 0.5) is 0 Å². The Hall–Kier alpha value is -1.53. The molecular formula is C22H28Cl2O4Si. The van der Waals surface area contributed by atoms with Gasteiger partial charge in [0.25, 0.3) is 0 Å². The van der Waals surface area contributed by atoms with Crippen LogP contribution < -0.4 is 4.43 Å². The van der Waals surface area contributed by atoms with E-state index in [1.54, 1.807) is 0 Å². The molecule has 2 N–H and O–H groups in total. The Kier molecular flexibility index (Phi) is 7.44. The van der Waals surface area contributed by atoms with E-state index >= 15 is 0 Å². The van der Waals surface area contributed by atoms with E-state index in [-0.39, 0.29) is 20.6 Å². The highest BCUT2D eigenvalue weighted by Gasteiger charge is 2.38. The monoisotopic (exact) mass is 454 g/mol. The summed E-state index contributed by atoms with van der Waals surface area (Å²) in [5, 5.41) is 19.8. The van der Waals surface area contributed by atoms with Gasteiger partial charge in [-0.3, -0.25) is 0 Å². The molecule has 1 atom stereocenters. The molecule has 2 rings (SSSR count). The molecule has 0 aliphatic heterocycles. The van der Waals surface area contributed by atoms with Crippen LogP contribution in [-0.4, -0.2) is 24.5 Å². The number of hydrogen-bond acceptors (Lipinski definition) is 3. The summed E-state index contributed by atoms with van der Waals surface area (Å²) in [6.07, 6.45) is 0.270. The number of aliphatic hydroxyl groups excluding tert-OH is 1. The first-order chi connectivity index (χ1) is 13.3. The van der Waals surface area contributed by atoms with Crippen LogP contribution in [0.5, 0.6) is 5.75 Å². The third kappa shape index (κ3) is 5.98. The molecule has 0 aromatic heterocycles. The first kappa shape index (κ1) is 23.7. The second kappa shape index (κ2) is 9.09. The molecular weight excluding hydrogens is 427 g/mol. The number of aryl methyl sites for hydroxylation is 1. The van der Waals surface area contributed by atoms with Gasteiger partial charge in [0, 0.05) is 0 Å². The minimum Gasteiger partial charge on any atom is -0.543 e. The maximum atomic E-state index is 11.2. The zero-order valence-corrected chi connectivity index (χ0v) is 19.9. The minimum atomic E-state index is -1.92. The summed E-state index contributed by atoms with van der Waals surface area (Å²) in [7, 11) is -1.92. The molecule has 4 nitrogen and oxygen atoms in total. The summed E-state index contributed by atoms with van der Waals surface area (Å²) < 4.78 is 6.35. The van der Waals surface area contributed by atoms with Crippen LogP contribution >= 0.6 is 23.2 Å². The van der Waals surface area contributed by atoms with Gasteiger partial charge in [-0.2, -0.15) is 0 Å². The highest BCUT2D eigenvalue weighted by Crippen LogP contribution is 2.37. The molecule has 158 valence electrons.